The second-order valence-electron chi connectivity index (χ2n) is 7.92. The molecule has 0 aliphatic rings. The molecule has 0 spiro atoms. The van der Waals surface area contributed by atoms with Crippen molar-refractivity contribution in [3.63, 3.8) is 0 Å². The number of nitrogens with zero attached hydrogens (tertiary/aromatic N) is 3. The Kier molecular flexibility index (Phi) is 6.75. The lowest BCUT2D eigenvalue weighted by molar-refractivity contribution is 0.0678. The summed E-state index contributed by atoms with van der Waals surface area (Å²) in [5.74, 6) is -1.14. The molecular weight excluding hydrogens is 509 g/mol. The van der Waals surface area contributed by atoms with E-state index in [1.807, 2.05) is 13.8 Å². The van der Waals surface area contributed by atoms with Gasteiger partial charge in [-0.2, -0.15) is 5.10 Å². The van der Waals surface area contributed by atoms with Crippen LogP contribution in [-0.2, 0) is 6.42 Å². The van der Waals surface area contributed by atoms with E-state index in [-0.39, 0.29) is 44.8 Å². The molecule has 0 saturated heterocycles. The van der Waals surface area contributed by atoms with Crippen molar-refractivity contribution in [3.8, 4) is 5.69 Å². The van der Waals surface area contributed by atoms with Crippen LogP contribution in [0, 0.1) is 0 Å². The Labute approximate surface area is 207 Å². The lowest BCUT2D eigenvalue weighted by Crippen LogP contribution is -2.14. The smallest absolute Gasteiger partial charge is 0.300 e. The highest BCUT2D eigenvalue weighted by atomic mass is 35.5. The molecule has 34 heavy (non-hydrogen) atoms. The highest BCUT2D eigenvalue weighted by Gasteiger charge is 2.23. The van der Waals surface area contributed by atoms with Gasteiger partial charge >= 0.3 is 6.43 Å². The van der Waals surface area contributed by atoms with Gasteiger partial charge in [0.1, 0.15) is 16.9 Å². The Morgan fingerprint density at radius 3 is 2.41 bits per heavy atom. The molecule has 0 saturated carbocycles. The molecule has 1 N–H and O–H groups in total. The van der Waals surface area contributed by atoms with Crippen molar-refractivity contribution in [1.82, 2.24) is 19.7 Å². The fourth-order valence-corrected chi connectivity index (χ4v) is 4.61. The van der Waals surface area contributed by atoms with E-state index in [1.54, 1.807) is 6.07 Å². The van der Waals surface area contributed by atoms with Crippen molar-refractivity contribution in [2.45, 2.75) is 32.6 Å². The highest BCUT2D eigenvalue weighted by molar-refractivity contribution is 6.40. The lowest BCUT2D eigenvalue weighted by Gasteiger charge is -2.09. The van der Waals surface area contributed by atoms with Crippen molar-refractivity contribution >= 4 is 51.6 Å². The molecule has 11 heteroatoms. The van der Waals surface area contributed by atoms with E-state index in [9.17, 15) is 18.4 Å². The molecule has 2 heterocycles. The molecular formula is C23H17Cl3F2N4O2. The largest absolute Gasteiger partial charge is 0.310 e. The summed E-state index contributed by atoms with van der Waals surface area (Å²) in [6.07, 6.45) is -3.03. The predicted octanol–water partition coefficient (Wildman–Crippen LogP) is 6.23. The molecule has 0 aliphatic heterocycles. The summed E-state index contributed by atoms with van der Waals surface area (Å²) in [5, 5.41) is 5.63. The maximum absolute atomic E-state index is 13.1. The molecule has 4 rings (SSSR count). The summed E-state index contributed by atoms with van der Waals surface area (Å²) in [6, 6.07) is 8.82. The molecule has 4 aromatic rings. The van der Waals surface area contributed by atoms with Crippen LogP contribution >= 0.6 is 34.8 Å². The maximum atomic E-state index is 13.1. The van der Waals surface area contributed by atoms with E-state index < -0.39 is 17.8 Å². The van der Waals surface area contributed by atoms with E-state index in [0.29, 0.717) is 22.0 Å². The van der Waals surface area contributed by atoms with Gasteiger partial charge in [-0.25, -0.2) is 18.4 Å². The molecule has 2 aromatic heterocycles. The zero-order chi connectivity index (χ0) is 24.7. The first-order chi connectivity index (χ1) is 16.1. The number of benzene rings is 2. The first-order valence-electron chi connectivity index (χ1n) is 10.1. The SMILES string of the molecule is CC(C)c1nn(-c2c(Cl)cc(Cl)cc2Cl)c2nc(Cc3cccc(C(=O)C(F)F)c3)[nH]c(=O)c12. The maximum Gasteiger partial charge on any atom is 0.300 e. The molecule has 6 nitrogen and oxygen atoms in total. The number of alkyl halides is 2. The van der Waals surface area contributed by atoms with Gasteiger partial charge < -0.3 is 4.98 Å². The summed E-state index contributed by atoms with van der Waals surface area (Å²) in [7, 11) is 0. The number of hydrogen-bond acceptors (Lipinski definition) is 4. The molecule has 0 radical (unpaired) electrons. The number of hydrogen-bond donors (Lipinski definition) is 1. The molecule has 2 aromatic carbocycles. The average molecular weight is 526 g/mol. The van der Waals surface area contributed by atoms with Gasteiger partial charge in [-0.15, -0.1) is 0 Å². The Bertz CT molecular complexity index is 1460. The van der Waals surface area contributed by atoms with E-state index in [4.69, 9.17) is 34.8 Å². The first kappa shape index (κ1) is 24.3. The monoisotopic (exact) mass is 524 g/mol. The Balaban J connectivity index is 1.88. The normalized spacial score (nSPS) is 11.7. The fourth-order valence-electron chi connectivity index (χ4n) is 3.63. The van der Waals surface area contributed by atoms with Gasteiger partial charge in [0.2, 0.25) is 5.78 Å². The van der Waals surface area contributed by atoms with Gasteiger partial charge in [0.05, 0.1) is 15.7 Å². The molecule has 0 aliphatic carbocycles. The lowest BCUT2D eigenvalue weighted by atomic mass is 10.0. The van der Waals surface area contributed by atoms with Crippen LogP contribution in [-0.4, -0.2) is 32.0 Å². The molecule has 0 unspecified atom stereocenters. The number of fused-ring (bicyclic) bond motifs is 1. The van der Waals surface area contributed by atoms with Crippen molar-refractivity contribution in [2.75, 3.05) is 0 Å². The van der Waals surface area contributed by atoms with Crippen LogP contribution < -0.4 is 5.56 Å². The fraction of sp³-hybridized carbons (Fsp3) is 0.217. The van der Waals surface area contributed by atoms with Gasteiger partial charge in [0.25, 0.3) is 5.56 Å². The average Bonchev–Trinajstić information content (AvgIpc) is 3.12. The number of Topliss-reactive ketones (excluding diaryl/α,β-unsaturated/α-hetero) is 1. The van der Waals surface area contributed by atoms with Crippen LogP contribution in [0.2, 0.25) is 15.1 Å². The van der Waals surface area contributed by atoms with Crippen LogP contribution in [0.5, 0.6) is 0 Å². The third-order valence-corrected chi connectivity index (χ3v) is 5.93. The van der Waals surface area contributed by atoms with Crippen molar-refractivity contribution in [2.24, 2.45) is 0 Å². The van der Waals surface area contributed by atoms with Gasteiger partial charge in [0, 0.05) is 17.0 Å². The van der Waals surface area contributed by atoms with E-state index in [1.165, 1.54) is 35.0 Å². The van der Waals surface area contributed by atoms with Crippen LogP contribution in [0.25, 0.3) is 16.7 Å². The molecule has 0 atom stereocenters. The van der Waals surface area contributed by atoms with Crippen LogP contribution in [0.1, 0.15) is 47.2 Å². The first-order valence-corrected chi connectivity index (χ1v) is 11.3. The number of rotatable bonds is 6. The van der Waals surface area contributed by atoms with Crippen LogP contribution in [0.3, 0.4) is 0 Å². The van der Waals surface area contributed by atoms with Gasteiger partial charge in [-0.1, -0.05) is 66.8 Å². The van der Waals surface area contributed by atoms with Crippen molar-refractivity contribution < 1.29 is 13.6 Å². The van der Waals surface area contributed by atoms with Crippen molar-refractivity contribution in [1.29, 1.82) is 0 Å². The van der Waals surface area contributed by atoms with Gasteiger partial charge in [-0.3, -0.25) is 9.59 Å². The van der Waals surface area contributed by atoms with Crippen molar-refractivity contribution in [3.05, 3.63) is 84.5 Å². The topological polar surface area (TPSA) is 80.6 Å². The molecule has 0 fully saturated rings. The quantitative estimate of drug-likeness (QED) is 0.303. The number of halogens is 5. The molecule has 0 bridgehead atoms. The predicted molar refractivity (Wildman–Crippen MR) is 128 cm³/mol. The summed E-state index contributed by atoms with van der Waals surface area (Å²) >= 11 is 18.8. The highest BCUT2D eigenvalue weighted by Crippen LogP contribution is 2.34. The van der Waals surface area contributed by atoms with E-state index in [2.05, 4.69) is 15.1 Å². The number of nitrogens with one attached hydrogen (secondary N) is 1. The number of carbonyl (C=O) groups excluding carboxylic acids is 1. The second kappa shape index (κ2) is 9.44. The standard InChI is InChI=1S/C23H17Cl3F2N4O2/c1-10(2)18-17-22(32(31-18)19-14(25)8-13(24)9-15(19)26)29-16(30-23(17)34)7-11-4-3-5-12(6-11)20(33)21(27)28/h3-6,8-10,21H,7H2,1-2H3,(H,29,30,34). The van der Waals surface area contributed by atoms with Gasteiger partial charge in [-0.05, 0) is 29.7 Å². The molecule has 0 amide bonds. The number of H-pyrrole nitrogens is 1. The zero-order valence-electron chi connectivity index (χ0n) is 17.9. The number of carbonyl (C=O) groups is 1. The number of ketones is 1. The van der Waals surface area contributed by atoms with E-state index >= 15 is 0 Å². The Morgan fingerprint density at radius 2 is 1.79 bits per heavy atom. The molecule has 176 valence electrons. The second-order valence-corrected chi connectivity index (χ2v) is 9.17. The third kappa shape index (κ3) is 4.58. The Morgan fingerprint density at radius 1 is 1.12 bits per heavy atom. The van der Waals surface area contributed by atoms with Crippen LogP contribution in [0.4, 0.5) is 8.78 Å². The zero-order valence-corrected chi connectivity index (χ0v) is 20.1. The van der Waals surface area contributed by atoms with Crippen LogP contribution in [0.15, 0.2) is 41.2 Å². The van der Waals surface area contributed by atoms with Gasteiger partial charge in [0.15, 0.2) is 5.65 Å². The minimum absolute atomic E-state index is 0.0831. The summed E-state index contributed by atoms with van der Waals surface area (Å²) in [4.78, 5) is 32.0. The summed E-state index contributed by atoms with van der Waals surface area (Å²) in [6.45, 7) is 3.77. The summed E-state index contributed by atoms with van der Waals surface area (Å²) in [5.41, 5.74) is 1.03. The number of aromatic amines is 1. The Hall–Kier alpha value is -2.81. The number of aromatic nitrogens is 4. The minimum atomic E-state index is -3.11. The summed E-state index contributed by atoms with van der Waals surface area (Å²) < 4.78 is 27.0. The van der Waals surface area contributed by atoms with E-state index in [0.717, 1.165) is 0 Å². The third-order valence-electron chi connectivity index (χ3n) is 5.14. The minimum Gasteiger partial charge on any atom is -0.310 e.